The van der Waals surface area contributed by atoms with E-state index in [0.717, 1.165) is 29.9 Å². The molecule has 0 fully saturated rings. The average molecular weight is 278 g/mol. The standard InChI is InChI=1S/C18H30O2/c1-4-5-6-7-8-9-10-13-20-18-12-11-17(16(3)19)14-15(18)2/h11-12,14,16,19H,4-10,13H2,1-3H3/t16-/m0/s1. The second kappa shape index (κ2) is 9.82. The number of ether oxygens (including phenoxy) is 1. The molecule has 1 atom stereocenters. The number of benzene rings is 1. The van der Waals surface area contributed by atoms with E-state index in [1.165, 1.54) is 38.5 Å². The Labute approximate surface area is 124 Å². The molecule has 1 rings (SSSR count). The Kier molecular flexibility index (Phi) is 8.36. The van der Waals surface area contributed by atoms with Crippen molar-refractivity contribution in [2.45, 2.75) is 71.8 Å². The molecule has 0 saturated heterocycles. The van der Waals surface area contributed by atoms with Crippen LogP contribution in [0.4, 0.5) is 0 Å². The van der Waals surface area contributed by atoms with Crippen LogP contribution in [-0.4, -0.2) is 11.7 Å². The lowest BCUT2D eigenvalue weighted by atomic mass is 10.1. The molecule has 20 heavy (non-hydrogen) atoms. The normalized spacial score (nSPS) is 12.4. The molecular weight excluding hydrogens is 248 g/mol. The fraction of sp³-hybridized carbons (Fsp3) is 0.667. The van der Waals surface area contributed by atoms with Gasteiger partial charge in [-0.25, -0.2) is 0 Å². The molecule has 1 aromatic carbocycles. The van der Waals surface area contributed by atoms with Crippen molar-refractivity contribution in [1.29, 1.82) is 0 Å². The zero-order valence-corrected chi connectivity index (χ0v) is 13.3. The molecule has 0 heterocycles. The number of rotatable bonds is 10. The van der Waals surface area contributed by atoms with Crippen LogP contribution in [0.3, 0.4) is 0 Å². The minimum absolute atomic E-state index is 0.411. The first-order valence-electron chi connectivity index (χ1n) is 8.06. The molecule has 0 unspecified atom stereocenters. The fourth-order valence-electron chi connectivity index (χ4n) is 2.34. The molecule has 1 aromatic rings. The van der Waals surface area contributed by atoms with Gasteiger partial charge in [-0.2, -0.15) is 0 Å². The van der Waals surface area contributed by atoms with Crippen LogP contribution < -0.4 is 4.74 Å². The van der Waals surface area contributed by atoms with E-state index in [1.807, 2.05) is 25.1 Å². The molecule has 0 radical (unpaired) electrons. The third-order valence-corrected chi connectivity index (χ3v) is 3.69. The second-order valence-corrected chi connectivity index (χ2v) is 5.67. The van der Waals surface area contributed by atoms with E-state index >= 15 is 0 Å². The molecule has 0 aromatic heterocycles. The Morgan fingerprint density at radius 1 is 1.05 bits per heavy atom. The Balaban J connectivity index is 2.19. The van der Waals surface area contributed by atoms with E-state index in [1.54, 1.807) is 6.92 Å². The van der Waals surface area contributed by atoms with Gasteiger partial charge in [-0.15, -0.1) is 0 Å². The molecule has 0 aliphatic carbocycles. The van der Waals surface area contributed by atoms with Crippen molar-refractivity contribution in [1.82, 2.24) is 0 Å². The maximum atomic E-state index is 9.53. The monoisotopic (exact) mass is 278 g/mol. The number of aliphatic hydroxyl groups excluding tert-OH is 1. The lowest BCUT2D eigenvalue weighted by Gasteiger charge is -2.12. The van der Waals surface area contributed by atoms with Gasteiger partial charge in [-0.3, -0.25) is 0 Å². The summed E-state index contributed by atoms with van der Waals surface area (Å²) in [6, 6.07) is 5.92. The van der Waals surface area contributed by atoms with Crippen molar-refractivity contribution >= 4 is 0 Å². The molecule has 0 aliphatic heterocycles. The van der Waals surface area contributed by atoms with Crippen molar-refractivity contribution in [3.63, 3.8) is 0 Å². The van der Waals surface area contributed by atoms with Gasteiger partial charge < -0.3 is 9.84 Å². The van der Waals surface area contributed by atoms with Crippen LogP contribution >= 0.6 is 0 Å². The van der Waals surface area contributed by atoms with Crippen molar-refractivity contribution < 1.29 is 9.84 Å². The van der Waals surface area contributed by atoms with Gasteiger partial charge in [0.1, 0.15) is 5.75 Å². The second-order valence-electron chi connectivity index (χ2n) is 5.67. The largest absolute Gasteiger partial charge is 0.493 e. The topological polar surface area (TPSA) is 29.5 Å². The first-order chi connectivity index (χ1) is 9.65. The number of aliphatic hydroxyl groups is 1. The minimum atomic E-state index is -0.411. The minimum Gasteiger partial charge on any atom is -0.493 e. The van der Waals surface area contributed by atoms with Crippen LogP contribution in [0, 0.1) is 6.92 Å². The summed E-state index contributed by atoms with van der Waals surface area (Å²) in [6.07, 6.45) is 8.70. The highest BCUT2D eigenvalue weighted by Crippen LogP contribution is 2.23. The first-order valence-corrected chi connectivity index (χ1v) is 8.06. The van der Waals surface area contributed by atoms with Crippen LogP contribution in [0.2, 0.25) is 0 Å². The average Bonchev–Trinajstić information content (AvgIpc) is 2.43. The van der Waals surface area contributed by atoms with Gasteiger partial charge in [0.2, 0.25) is 0 Å². The van der Waals surface area contributed by atoms with E-state index in [-0.39, 0.29) is 0 Å². The van der Waals surface area contributed by atoms with Crippen LogP contribution in [0.15, 0.2) is 18.2 Å². The Hall–Kier alpha value is -1.02. The summed E-state index contributed by atoms with van der Waals surface area (Å²) in [5.74, 6) is 0.945. The van der Waals surface area contributed by atoms with E-state index in [4.69, 9.17) is 4.74 Å². The third-order valence-electron chi connectivity index (χ3n) is 3.69. The maximum Gasteiger partial charge on any atom is 0.122 e. The highest BCUT2D eigenvalue weighted by molar-refractivity contribution is 5.36. The Bertz CT molecular complexity index is 372. The lowest BCUT2D eigenvalue weighted by molar-refractivity contribution is 0.199. The van der Waals surface area contributed by atoms with E-state index in [2.05, 4.69) is 6.92 Å². The predicted molar refractivity (Wildman–Crippen MR) is 85.3 cm³/mol. The summed E-state index contributed by atoms with van der Waals surface area (Å²) in [7, 11) is 0. The molecule has 2 nitrogen and oxygen atoms in total. The van der Waals surface area contributed by atoms with Crippen molar-refractivity contribution in [2.75, 3.05) is 6.61 Å². The summed E-state index contributed by atoms with van der Waals surface area (Å²) < 4.78 is 5.82. The fourth-order valence-corrected chi connectivity index (χ4v) is 2.34. The van der Waals surface area contributed by atoms with E-state index < -0.39 is 6.10 Å². The van der Waals surface area contributed by atoms with Gasteiger partial charge in [0.25, 0.3) is 0 Å². The Morgan fingerprint density at radius 2 is 1.70 bits per heavy atom. The van der Waals surface area contributed by atoms with E-state index in [0.29, 0.717) is 0 Å². The number of aryl methyl sites for hydroxylation is 1. The summed E-state index contributed by atoms with van der Waals surface area (Å²) in [6.45, 7) is 6.86. The molecule has 114 valence electrons. The SMILES string of the molecule is CCCCCCCCCOc1ccc([C@H](C)O)cc1C. The van der Waals surface area contributed by atoms with Gasteiger partial charge in [0, 0.05) is 0 Å². The van der Waals surface area contributed by atoms with Crippen LogP contribution in [0.1, 0.15) is 76.0 Å². The van der Waals surface area contributed by atoms with Gasteiger partial charge in [0.05, 0.1) is 12.7 Å². The van der Waals surface area contributed by atoms with Crippen molar-refractivity contribution in [3.05, 3.63) is 29.3 Å². The summed E-state index contributed by atoms with van der Waals surface area (Å²) in [5.41, 5.74) is 2.05. The molecule has 0 bridgehead atoms. The predicted octanol–water partition coefficient (Wildman–Crippen LogP) is 5.18. The van der Waals surface area contributed by atoms with Gasteiger partial charge in [-0.05, 0) is 43.5 Å². The van der Waals surface area contributed by atoms with Crippen LogP contribution in [0.5, 0.6) is 5.75 Å². The maximum absolute atomic E-state index is 9.53. The number of hydrogen-bond acceptors (Lipinski definition) is 2. The van der Waals surface area contributed by atoms with Gasteiger partial charge >= 0.3 is 0 Å². The van der Waals surface area contributed by atoms with E-state index in [9.17, 15) is 5.11 Å². The summed E-state index contributed by atoms with van der Waals surface area (Å²) >= 11 is 0. The van der Waals surface area contributed by atoms with Gasteiger partial charge in [0.15, 0.2) is 0 Å². The van der Waals surface area contributed by atoms with Crippen molar-refractivity contribution in [3.8, 4) is 5.75 Å². The number of unbranched alkanes of at least 4 members (excludes halogenated alkanes) is 6. The molecule has 0 aliphatic rings. The molecule has 0 amide bonds. The van der Waals surface area contributed by atoms with Crippen molar-refractivity contribution in [2.24, 2.45) is 0 Å². The molecule has 2 heteroatoms. The molecular formula is C18H30O2. The zero-order chi connectivity index (χ0) is 14.8. The first kappa shape index (κ1) is 17.0. The highest BCUT2D eigenvalue weighted by atomic mass is 16.5. The van der Waals surface area contributed by atoms with Crippen LogP contribution in [-0.2, 0) is 0 Å². The highest BCUT2D eigenvalue weighted by Gasteiger charge is 2.04. The quantitative estimate of drug-likeness (QED) is 0.598. The zero-order valence-electron chi connectivity index (χ0n) is 13.3. The number of hydrogen-bond donors (Lipinski definition) is 1. The molecule has 1 N–H and O–H groups in total. The molecule has 0 spiro atoms. The summed E-state index contributed by atoms with van der Waals surface area (Å²) in [5, 5.41) is 9.53. The Morgan fingerprint density at radius 3 is 2.30 bits per heavy atom. The molecule has 0 saturated carbocycles. The lowest BCUT2D eigenvalue weighted by Crippen LogP contribution is -2.00. The van der Waals surface area contributed by atoms with Gasteiger partial charge in [-0.1, -0.05) is 51.5 Å². The third kappa shape index (κ3) is 6.42. The summed E-state index contributed by atoms with van der Waals surface area (Å²) in [4.78, 5) is 0. The smallest absolute Gasteiger partial charge is 0.122 e. The van der Waals surface area contributed by atoms with Crippen LogP contribution in [0.25, 0.3) is 0 Å².